The average Bonchev–Trinajstić information content (AvgIpc) is 3.19. The first-order valence-electron chi connectivity index (χ1n) is 10.7. The van der Waals surface area contributed by atoms with Crippen LogP contribution in [0.1, 0.15) is 30.8 Å². The summed E-state index contributed by atoms with van der Waals surface area (Å²) in [7, 11) is 0. The number of urea groups is 1. The van der Waals surface area contributed by atoms with E-state index in [1.165, 1.54) is 11.8 Å². The lowest BCUT2D eigenvalue weighted by atomic mass is 10.1. The average molecular weight is 468 g/mol. The lowest BCUT2D eigenvalue weighted by molar-refractivity contribution is -0.117. The lowest BCUT2D eigenvalue weighted by Crippen LogP contribution is -2.41. The second-order valence-electron chi connectivity index (χ2n) is 8.02. The van der Waals surface area contributed by atoms with E-state index in [9.17, 15) is 9.59 Å². The van der Waals surface area contributed by atoms with Gasteiger partial charge in [-0.25, -0.2) is 4.79 Å². The second kappa shape index (κ2) is 11.5. The van der Waals surface area contributed by atoms with Gasteiger partial charge in [0.2, 0.25) is 5.91 Å². The summed E-state index contributed by atoms with van der Waals surface area (Å²) in [6.45, 7) is 8.69. The Kier molecular flexibility index (Phi) is 8.48. The quantitative estimate of drug-likeness (QED) is 0.461. The Balaban J connectivity index is 1.72. The van der Waals surface area contributed by atoms with Crippen LogP contribution < -0.4 is 15.4 Å². The monoisotopic (exact) mass is 467 g/mol. The molecule has 0 aliphatic carbocycles. The molecule has 33 heavy (non-hydrogen) atoms. The Morgan fingerprint density at radius 2 is 1.73 bits per heavy atom. The van der Waals surface area contributed by atoms with E-state index in [-0.39, 0.29) is 12.4 Å². The molecule has 2 aromatic carbocycles. The van der Waals surface area contributed by atoms with Gasteiger partial charge >= 0.3 is 6.03 Å². The second-order valence-corrected chi connectivity index (χ2v) is 8.96. The SMILES string of the molecule is Cc1cccc(C)c1OCc1nnc(SCC(=O)NC(=O)NCC(C)C)n1-c1ccccc1. The largest absolute Gasteiger partial charge is 0.485 e. The third kappa shape index (κ3) is 6.82. The smallest absolute Gasteiger partial charge is 0.321 e. The van der Waals surface area contributed by atoms with Crippen molar-refractivity contribution in [1.29, 1.82) is 0 Å². The molecule has 9 heteroatoms. The Bertz CT molecular complexity index is 1080. The predicted molar refractivity (Wildman–Crippen MR) is 129 cm³/mol. The molecule has 0 fully saturated rings. The van der Waals surface area contributed by atoms with Crippen LogP contribution in [-0.4, -0.2) is 39.0 Å². The van der Waals surface area contributed by atoms with Crippen LogP contribution in [0.4, 0.5) is 4.79 Å². The van der Waals surface area contributed by atoms with E-state index in [0.29, 0.717) is 23.4 Å². The van der Waals surface area contributed by atoms with Crippen LogP contribution >= 0.6 is 11.8 Å². The van der Waals surface area contributed by atoms with Crippen molar-refractivity contribution in [3.8, 4) is 11.4 Å². The first-order chi connectivity index (χ1) is 15.8. The molecule has 8 nitrogen and oxygen atoms in total. The Labute approximate surface area is 198 Å². The highest BCUT2D eigenvalue weighted by Gasteiger charge is 2.18. The van der Waals surface area contributed by atoms with Gasteiger partial charge < -0.3 is 10.1 Å². The minimum atomic E-state index is -0.499. The van der Waals surface area contributed by atoms with Crippen molar-refractivity contribution < 1.29 is 14.3 Å². The van der Waals surface area contributed by atoms with Gasteiger partial charge in [-0.05, 0) is 43.0 Å². The lowest BCUT2D eigenvalue weighted by Gasteiger charge is -2.13. The fraction of sp³-hybridized carbons (Fsp3) is 0.333. The van der Waals surface area contributed by atoms with Gasteiger partial charge in [-0.1, -0.05) is 62.0 Å². The molecule has 0 aliphatic heterocycles. The van der Waals surface area contributed by atoms with Gasteiger partial charge in [0.05, 0.1) is 5.75 Å². The maximum atomic E-state index is 12.2. The number of benzene rings is 2. The van der Waals surface area contributed by atoms with Gasteiger partial charge in [0, 0.05) is 12.2 Å². The summed E-state index contributed by atoms with van der Waals surface area (Å²) in [5.41, 5.74) is 2.95. The molecule has 3 aromatic rings. The van der Waals surface area contributed by atoms with Crippen molar-refractivity contribution >= 4 is 23.7 Å². The first-order valence-corrected chi connectivity index (χ1v) is 11.7. The standard InChI is InChI=1S/C24H29N5O3S/c1-16(2)13-25-23(31)26-21(30)15-33-24-28-27-20(29(24)19-11-6-5-7-12-19)14-32-22-17(3)9-8-10-18(22)4/h5-12,16H,13-15H2,1-4H3,(H2,25,26,30,31). The number of para-hydroxylation sites is 2. The van der Waals surface area contributed by atoms with Crippen LogP contribution in [0.3, 0.4) is 0 Å². The van der Waals surface area contributed by atoms with E-state index in [0.717, 1.165) is 22.6 Å². The molecule has 0 saturated carbocycles. The van der Waals surface area contributed by atoms with E-state index in [1.807, 2.05) is 80.8 Å². The molecule has 1 aromatic heterocycles. The highest BCUT2D eigenvalue weighted by atomic mass is 32.2. The Hall–Kier alpha value is -3.33. The molecular formula is C24H29N5O3S. The van der Waals surface area contributed by atoms with Gasteiger partial charge in [-0.2, -0.15) is 0 Å². The summed E-state index contributed by atoms with van der Waals surface area (Å²) >= 11 is 1.21. The third-order valence-electron chi connectivity index (χ3n) is 4.73. The molecule has 0 spiro atoms. The predicted octanol–water partition coefficient (Wildman–Crippen LogP) is 4.04. The van der Waals surface area contributed by atoms with Crippen LogP contribution in [0, 0.1) is 19.8 Å². The number of ether oxygens (including phenoxy) is 1. The van der Waals surface area contributed by atoms with E-state index < -0.39 is 11.9 Å². The van der Waals surface area contributed by atoms with Crippen molar-refractivity contribution in [3.63, 3.8) is 0 Å². The summed E-state index contributed by atoms with van der Waals surface area (Å²) in [4.78, 5) is 24.1. The molecule has 3 rings (SSSR count). The van der Waals surface area contributed by atoms with Crippen molar-refractivity contribution in [1.82, 2.24) is 25.4 Å². The highest BCUT2D eigenvalue weighted by Crippen LogP contribution is 2.26. The number of carbonyl (C=O) groups excluding carboxylic acids is 2. The number of aryl methyl sites for hydroxylation is 2. The fourth-order valence-electron chi connectivity index (χ4n) is 3.12. The number of aromatic nitrogens is 3. The van der Waals surface area contributed by atoms with Gasteiger partial charge in [-0.15, -0.1) is 10.2 Å². The maximum Gasteiger partial charge on any atom is 0.321 e. The van der Waals surface area contributed by atoms with Crippen LogP contribution in [0.2, 0.25) is 0 Å². The molecule has 0 atom stereocenters. The number of thioether (sulfide) groups is 1. The molecule has 0 aliphatic rings. The molecule has 0 saturated heterocycles. The van der Waals surface area contributed by atoms with Gasteiger partial charge in [0.15, 0.2) is 11.0 Å². The molecule has 3 amide bonds. The molecule has 0 unspecified atom stereocenters. The number of nitrogens with zero attached hydrogens (tertiary/aromatic N) is 3. The summed E-state index contributed by atoms with van der Waals surface area (Å²) in [6.07, 6.45) is 0. The maximum absolute atomic E-state index is 12.2. The minimum absolute atomic E-state index is 0.0256. The minimum Gasteiger partial charge on any atom is -0.485 e. The van der Waals surface area contributed by atoms with Crippen LogP contribution in [0.25, 0.3) is 5.69 Å². The first kappa shape index (κ1) is 24.3. The Morgan fingerprint density at radius 1 is 1.03 bits per heavy atom. The number of hydrogen-bond donors (Lipinski definition) is 2. The normalized spacial score (nSPS) is 10.8. The van der Waals surface area contributed by atoms with E-state index in [2.05, 4.69) is 20.8 Å². The molecule has 174 valence electrons. The van der Waals surface area contributed by atoms with Crippen LogP contribution in [0.5, 0.6) is 5.75 Å². The van der Waals surface area contributed by atoms with Crippen molar-refractivity contribution in [2.75, 3.05) is 12.3 Å². The number of nitrogens with one attached hydrogen (secondary N) is 2. The third-order valence-corrected chi connectivity index (χ3v) is 5.65. The van der Waals surface area contributed by atoms with Crippen LogP contribution in [0.15, 0.2) is 53.7 Å². The van der Waals surface area contributed by atoms with E-state index in [1.54, 1.807) is 0 Å². The van der Waals surface area contributed by atoms with Gasteiger partial charge in [0.1, 0.15) is 12.4 Å². The number of rotatable bonds is 9. The zero-order chi connectivity index (χ0) is 23.8. The van der Waals surface area contributed by atoms with Gasteiger partial charge in [-0.3, -0.25) is 14.7 Å². The topological polar surface area (TPSA) is 98.1 Å². The van der Waals surface area contributed by atoms with Gasteiger partial charge in [0.25, 0.3) is 0 Å². The molecule has 1 heterocycles. The summed E-state index contributed by atoms with van der Waals surface area (Å²) < 4.78 is 7.95. The van der Waals surface area contributed by atoms with E-state index in [4.69, 9.17) is 4.74 Å². The number of amides is 3. The zero-order valence-electron chi connectivity index (χ0n) is 19.3. The fourth-order valence-corrected chi connectivity index (χ4v) is 3.89. The molecule has 0 radical (unpaired) electrons. The number of imide groups is 1. The number of carbonyl (C=O) groups is 2. The van der Waals surface area contributed by atoms with Crippen molar-refractivity contribution in [2.24, 2.45) is 5.92 Å². The van der Waals surface area contributed by atoms with Crippen LogP contribution in [-0.2, 0) is 11.4 Å². The zero-order valence-corrected chi connectivity index (χ0v) is 20.1. The summed E-state index contributed by atoms with van der Waals surface area (Å²) in [5, 5.41) is 14.1. The van der Waals surface area contributed by atoms with Crippen molar-refractivity contribution in [2.45, 2.75) is 39.5 Å². The Morgan fingerprint density at radius 3 is 2.39 bits per heavy atom. The van der Waals surface area contributed by atoms with E-state index >= 15 is 0 Å². The molecule has 2 N–H and O–H groups in total. The highest BCUT2D eigenvalue weighted by molar-refractivity contribution is 7.99. The van der Waals surface area contributed by atoms with Crippen molar-refractivity contribution in [3.05, 3.63) is 65.5 Å². The summed E-state index contributed by atoms with van der Waals surface area (Å²) in [5.74, 6) is 1.35. The number of hydrogen-bond acceptors (Lipinski definition) is 6. The molecular weight excluding hydrogens is 438 g/mol. The summed E-state index contributed by atoms with van der Waals surface area (Å²) in [6, 6.07) is 15.1. The molecule has 0 bridgehead atoms.